The number of nitrogens with two attached hydrogens (primary N) is 1. The Morgan fingerprint density at radius 3 is 2.79 bits per heavy atom. The number of amides is 1. The molecule has 2 aromatic heterocycles. The van der Waals surface area contributed by atoms with Crippen molar-refractivity contribution in [3.63, 3.8) is 0 Å². The lowest BCUT2D eigenvalue weighted by Gasteiger charge is -2.17. The molecular weight excluding hydrogens is 370 g/mol. The minimum atomic E-state index is -0.340. The summed E-state index contributed by atoms with van der Waals surface area (Å²) in [5, 5.41) is 8.35. The lowest BCUT2D eigenvalue weighted by Crippen LogP contribution is -2.32. The van der Waals surface area contributed by atoms with E-state index in [-0.39, 0.29) is 25.0 Å². The molecular formula is C20H25N7O2. The molecule has 1 saturated carbocycles. The van der Waals surface area contributed by atoms with Gasteiger partial charge in [-0.2, -0.15) is 10.1 Å². The maximum absolute atomic E-state index is 12.7. The predicted octanol–water partition coefficient (Wildman–Crippen LogP) is 1.51. The molecule has 0 unspecified atom stereocenters. The first-order valence-electron chi connectivity index (χ1n) is 9.81. The first-order chi connectivity index (χ1) is 14.1. The van der Waals surface area contributed by atoms with Crippen molar-refractivity contribution in [2.45, 2.75) is 44.8 Å². The number of carbonyl (C=O) groups is 1. The van der Waals surface area contributed by atoms with Crippen LogP contribution >= 0.6 is 0 Å². The molecule has 1 aliphatic rings. The van der Waals surface area contributed by atoms with Gasteiger partial charge in [-0.1, -0.05) is 35.5 Å². The summed E-state index contributed by atoms with van der Waals surface area (Å²) in [6, 6.07) is 9.69. The maximum Gasteiger partial charge on any atom is 0.244 e. The Morgan fingerprint density at radius 1 is 1.31 bits per heavy atom. The van der Waals surface area contributed by atoms with Gasteiger partial charge in [-0.25, -0.2) is 9.67 Å². The van der Waals surface area contributed by atoms with Gasteiger partial charge in [0.25, 0.3) is 0 Å². The Labute approximate surface area is 168 Å². The van der Waals surface area contributed by atoms with Crippen molar-refractivity contribution in [3.05, 3.63) is 59.8 Å². The summed E-state index contributed by atoms with van der Waals surface area (Å²) in [4.78, 5) is 22.9. The van der Waals surface area contributed by atoms with E-state index in [4.69, 9.17) is 15.2 Å². The minimum Gasteiger partial charge on any atom is -0.343 e. The predicted molar refractivity (Wildman–Crippen MR) is 104 cm³/mol. The van der Waals surface area contributed by atoms with Gasteiger partial charge in [0, 0.05) is 13.5 Å². The molecule has 0 bridgehead atoms. The van der Waals surface area contributed by atoms with Crippen molar-refractivity contribution in [3.8, 4) is 0 Å². The van der Waals surface area contributed by atoms with Gasteiger partial charge in [-0.15, -0.1) is 0 Å². The number of rotatable bonds is 9. The van der Waals surface area contributed by atoms with Crippen LogP contribution in [-0.2, 0) is 30.7 Å². The quantitative estimate of drug-likeness (QED) is 0.584. The molecule has 9 nitrogen and oxygen atoms in total. The molecule has 3 aromatic rings. The van der Waals surface area contributed by atoms with Gasteiger partial charge in [0.1, 0.15) is 12.4 Å². The topological polar surface area (TPSA) is 116 Å². The number of likely N-dealkylation sites (N-methyl/N-ethyl adjacent to an activating group) is 1. The van der Waals surface area contributed by atoms with E-state index in [1.54, 1.807) is 16.6 Å². The van der Waals surface area contributed by atoms with E-state index in [0.717, 1.165) is 17.8 Å². The van der Waals surface area contributed by atoms with Crippen molar-refractivity contribution in [2.24, 2.45) is 11.7 Å². The summed E-state index contributed by atoms with van der Waals surface area (Å²) in [5.74, 6) is 2.40. The van der Waals surface area contributed by atoms with Gasteiger partial charge >= 0.3 is 0 Å². The second-order valence-corrected chi connectivity index (χ2v) is 7.58. The average Bonchev–Trinajstić information content (AvgIpc) is 3.20. The van der Waals surface area contributed by atoms with E-state index in [1.165, 1.54) is 19.2 Å². The summed E-state index contributed by atoms with van der Waals surface area (Å²) >= 11 is 0. The lowest BCUT2D eigenvalue weighted by molar-refractivity contribution is -0.131. The molecule has 9 heteroatoms. The second kappa shape index (κ2) is 8.52. The van der Waals surface area contributed by atoms with Gasteiger partial charge in [0.2, 0.25) is 12.3 Å². The minimum absolute atomic E-state index is 0.0733. The summed E-state index contributed by atoms with van der Waals surface area (Å²) < 4.78 is 6.38. The first-order valence-corrected chi connectivity index (χ1v) is 9.81. The highest BCUT2D eigenvalue weighted by Gasteiger charge is 2.26. The van der Waals surface area contributed by atoms with Crippen molar-refractivity contribution >= 4 is 5.91 Å². The monoisotopic (exact) mass is 395 g/mol. The fourth-order valence-electron chi connectivity index (χ4n) is 3.23. The third kappa shape index (κ3) is 5.05. The maximum atomic E-state index is 12.7. The second-order valence-electron chi connectivity index (χ2n) is 7.58. The first kappa shape index (κ1) is 19.3. The van der Waals surface area contributed by atoms with Gasteiger partial charge < -0.3 is 15.2 Å². The molecule has 0 aliphatic heterocycles. The Kier molecular flexibility index (Phi) is 5.66. The molecule has 1 amide bonds. The normalized spacial score (nSPS) is 14.7. The number of hydrogen-bond donors (Lipinski definition) is 1. The molecule has 1 atom stereocenters. The molecule has 1 aromatic carbocycles. The highest BCUT2D eigenvalue weighted by Crippen LogP contribution is 2.32. The smallest absolute Gasteiger partial charge is 0.244 e. The fourth-order valence-corrected chi connectivity index (χ4v) is 3.23. The highest BCUT2D eigenvalue weighted by molar-refractivity contribution is 5.75. The van der Waals surface area contributed by atoms with Crippen LogP contribution in [0, 0.1) is 5.92 Å². The molecule has 29 heavy (non-hydrogen) atoms. The zero-order chi connectivity index (χ0) is 20.2. The molecule has 152 valence electrons. The summed E-state index contributed by atoms with van der Waals surface area (Å²) in [7, 11) is 1.70. The highest BCUT2D eigenvalue weighted by atomic mass is 16.5. The van der Waals surface area contributed by atoms with Crippen molar-refractivity contribution in [1.29, 1.82) is 0 Å². The number of benzene rings is 1. The number of nitrogens with zero attached hydrogens (tertiary/aromatic N) is 6. The van der Waals surface area contributed by atoms with Gasteiger partial charge in [0.15, 0.2) is 11.6 Å². The Bertz CT molecular complexity index is 935. The molecule has 0 saturated heterocycles. The van der Waals surface area contributed by atoms with Crippen LogP contribution in [0.25, 0.3) is 0 Å². The Balaban J connectivity index is 1.49. The van der Waals surface area contributed by atoms with Gasteiger partial charge in [-0.05, 0) is 30.7 Å². The third-order valence-electron chi connectivity index (χ3n) is 5.04. The van der Waals surface area contributed by atoms with Crippen molar-refractivity contribution in [2.75, 3.05) is 7.05 Å². The SMILES string of the molecule is CN(Cc1ncon1)C(=O)Cn1nc(CC2CC2)nc1[C@H](N)Cc1ccccc1. The molecule has 2 heterocycles. The van der Waals surface area contributed by atoms with Crippen LogP contribution in [-0.4, -0.2) is 42.8 Å². The molecule has 2 N–H and O–H groups in total. The lowest BCUT2D eigenvalue weighted by atomic mass is 10.1. The van der Waals surface area contributed by atoms with E-state index in [1.807, 2.05) is 30.3 Å². The van der Waals surface area contributed by atoms with Crippen LogP contribution in [0.2, 0.25) is 0 Å². The van der Waals surface area contributed by atoms with Crippen LogP contribution < -0.4 is 5.73 Å². The molecule has 0 spiro atoms. The molecule has 4 rings (SSSR count). The third-order valence-corrected chi connectivity index (χ3v) is 5.04. The van der Waals surface area contributed by atoms with Crippen molar-refractivity contribution < 1.29 is 9.32 Å². The molecule has 1 fully saturated rings. The van der Waals surface area contributed by atoms with E-state index in [9.17, 15) is 4.79 Å². The zero-order valence-electron chi connectivity index (χ0n) is 16.4. The van der Waals surface area contributed by atoms with E-state index < -0.39 is 0 Å². The number of carbonyl (C=O) groups excluding carboxylic acids is 1. The molecule has 0 radical (unpaired) electrons. The summed E-state index contributed by atoms with van der Waals surface area (Å²) in [6.45, 7) is 0.341. The number of aromatic nitrogens is 5. The van der Waals surface area contributed by atoms with E-state index >= 15 is 0 Å². The van der Waals surface area contributed by atoms with Gasteiger partial charge in [0.05, 0.1) is 12.6 Å². The average molecular weight is 395 g/mol. The van der Waals surface area contributed by atoms with E-state index in [2.05, 4.69) is 15.2 Å². The van der Waals surface area contributed by atoms with Crippen LogP contribution in [0.1, 0.15) is 41.9 Å². The van der Waals surface area contributed by atoms with Crippen LogP contribution in [0.3, 0.4) is 0 Å². The fraction of sp³-hybridized carbons (Fsp3) is 0.450. The largest absolute Gasteiger partial charge is 0.343 e. The van der Waals surface area contributed by atoms with Crippen molar-refractivity contribution in [1.82, 2.24) is 29.8 Å². The Hall–Kier alpha value is -3.07. The summed E-state index contributed by atoms with van der Waals surface area (Å²) in [6.07, 6.45) is 5.15. The van der Waals surface area contributed by atoms with Crippen LogP contribution in [0.4, 0.5) is 0 Å². The zero-order valence-corrected chi connectivity index (χ0v) is 16.4. The van der Waals surface area contributed by atoms with E-state index in [0.29, 0.717) is 24.0 Å². The number of hydrogen-bond acceptors (Lipinski definition) is 7. The Morgan fingerprint density at radius 2 is 2.10 bits per heavy atom. The van der Waals surface area contributed by atoms with Crippen LogP contribution in [0.15, 0.2) is 41.2 Å². The van der Waals surface area contributed by atoms with Gasteiger partial charge in [-0.3, -0.25) is 4.79 Å². The van der Waals surface area contributed by atoms with Crippen LogP contribution in [0.5, 0.6) is 0 Å². The molecule has 1 aliphatic carbocycles. The standard InChI is InChI=1S/C20H25N7O2/c1-26(11-18-22-13-29-25-18)19(28)12-27-20(23-17(24-27)10-15-7-8-15)16(21)9-14-5-3-2-4-6-14/h2-6,13,15-16H,7-12,21H2,1H3/t16-/m1/s1. The summed E-state index contributed by atoms with van der Waals surface area (Å²) in [5.41, 5.74) is 7.59.